The van der Waals surface area contributed by atoms with E-state index in [1.165, 1.54) is 37.8 Å². The van der Waals surface area contributed by atoms with Crippen LogP contribution < -0.4 is 9.64 Å². The first-order valence-electron chi connectivity index (χ1n) is 10.6. The average Bonchev–Trinajstić information content (AvgIpc) is 2.74. The van der Waals surface area contributed by atoms with E-state index in [-0.39, 0.29) is 0 Å². The molecule has 4 rings (SSSR count). The summed E-state index contributed by atoms with van der Waals surface area (Å²) >= 11 is 0. The van der Waals surface area contributed by atoms with Crippen LogP contribution in [0.4, 0.5) is 5.69 Å². The van der Waals surface area contributed by atoms with Crippen LogP contribution in [-0.2, 0) is 4.79 Å². The number of likely N-dealkylation sites (tertiary alicyclic amines) is 1. The summed E-state index contributed by atoms with van der Waals surface area (Å²) < 4.78 is 5.24. The maximum atomic E-state index is 12.8. The number of hydrogen-bond acceptors (Lipinski definition) is 4. The van der Waals surface area contributed by atoms with Crippen molar-refractivity contribution in [2.75, 3.05) is 57.8 Å². The van der Waals surface area contributed by atoms with E-state index in [9.17, 15) is 4.79 Å². The van der Waals surface area contributed by atoms with Crippen LogP contribution in [0.1, 0.15) is 32.1 Å². The number of carbonyl (C=O) groups is 1. The lowest BCUT2D eigenvalue weighted by Gasteiger charge is -2.42. The number of hydrogen-bond donors (Lipinski definition) is 0. The Morgan fingerprint density at radius 2 is 1.67 bits per heavy atom. The first-order valence-corrected chi connectivity index (χ1v) is 10.6. The molecule has 5 nitrogen and oxygen atoms in total. The van der Waals surface area contributed by atoms with Crippen LogP contribution in [0.5, 0.6) is 5.75 Å². The Bertz CT molecular complexity index is 625. The lowest BCUT2D eigenvalue weighted by molar-refractivity contribution is -0.135. The molecule has 1 saturated carbocycles. The van der Waals surface area contributed by atoms with E-state index in [0.717, 1.165) is 56.9 Å². The van der Waals surface area contributed by atoms with E-state index in [1.54, 1.807) is 7.11 Å². The van der Waals surface area contributed by atoms with Gasteiger partial charge in [0.05, 0.1) is 13.7 Å². The third-order valence-corrected chi connectivity index (χ3v) is 6.81. The third-order valence-electron chi connectivity index (χ3n) is 6.81. The summed E-state index contributed by atoms with van der Waals surface area (Å²) in [7, 11) is 1.70. The molecule has 2 aliphatic heterocycles. The Hall–Kier alpha value is -1.75. The van der Waals surface area contributed by atoms with Gasteiger partial charge in [-0.05, 0) is 48.9 Å². The van der Waals surface area contributed by atoms with Crippen LogP contribution in [0.25, 0.3) is 0 Å². The Morgan fingerprint density at radius 1 is 0.963 bits per heavy atom. The summed E-state index contributed by atoms with van der Waals surface area (Å²) in [5, 5.41) is 0. The molecule has 1 amide bonds. The zero-order chi connectivity index (χ0) is 18.6. The van der Waals surface area contributed by atoms with Crippen molar-refractivity contribution in [3.05, 3.63) is 24.3 Å². The fraction of sp³-hybridized carbons (Fsp3) is 0.682. The Balaban J connectivity index is 1.24. The molecule has 2 heterocycles. The summed E-state index contributed by atoms with van der Waals surface area (Å²) in [6.07, 6.45) is 6.70. The second-order valence-electron chi connectivity index (χ2n) is 8.39. The van der Waals surface area contributed by atoms with Gasteiger partial charge in [0.15, 0.2) is 0 Å². The summed E-state index contributed by atoms with van der Waals surface area (Å²) in [4.78, 5) is 19.7. The highest BCUT2D eigenvalue weighted by atomic mass is 16.5. The van der Waals surface area contributed by atoms with Gasteiger partial charge in [-0.15, -0.1) is 0 Å². The fourth-order valence-corrected chi connectivity index (χ4v) is 5.08. The number of piperidine rings is 1. The first kappa shape index (κ1) is 18.6. The summed E-state index contributed by atoms with van der Waals surface area (Å²) in [6.45, 7) is 6.44. The summed E-state index contributed by atoms with van der Waals surface area (Å²) in [5.74, 6) is 2.89. The smallest absolute Gasteiger partial charge is 0.236 e. The number of methoxy groups -OCH3 is 1. The number of nitrogens with zero attached hydrogens (tertiary/aromatic N) is 3. The fourth-order valence-electron chi connectivity index (χ4n) is 5.08. The number of anilines is 1. The van der Waals surface area contributed by atoms with Crippen molar-refractivity contribution in [3.8, 4) is 5.75 Å². The average molecular weight is 372 g/mol. The lowest BCUT2D eigenvalue weighted by atomic mass is 9.75. The highest BCUT2D eigenvalue weighted by Crippen LogP contribution is 2.36. The van der Waals surface area contributed by atoms with Gasteiger partial charge in [-0.1, -0.05) is 19.3 Å². The molecule has 0 aromatic heterocycles. The maximum absolute atomic E-state index is 12.8. The minimum atomic E-state index is 0.344. The molecule has 2 atom stereocenters. The van der Waals surface area contributed by atoms with Crippen LogP contribution in [0, 0.1) is 11.8 Å². The summed E-state index contributed by atoms with van der Waals surface area (Å²) in [6, 6.07) is 8.27. The highest BCUT2D eigenvalue weighted by Gasteiger charge is 2.33. The van der Waals surface area contributed by atoms with Crippen molar-refractivity contribution in [2.24, 2.45) is 11.8 Å². The topological polar surface area (TPSA) is 36.0 Å². The van der Waals surface area contributed by atoms with Crippen LogP contribution in [0.2, 0.25) is 0 Å². The Morgan fingerprint density at radius 3 is 2.37 bits per heavy atom. The van der Waals surface area contributed by atoms with Gasteiger partial charge in [0.1, 0.15) is 5.75 Å². The largest absolute Gasteiger partial charge is 0.497 e. The molecule has 0 unspecified atom stereocenters. The first-order chi connectivity index (χ1) is 13.2. The molecule has 0 N–H and O–H groups in total. The lowest BCUT2D eigenvalue weighted by Crippen LogP contribution is -2.52. The van der Waals surface area contributed by atoms with Gasteiger partial charge < -0.3 is 14.5 Å². The molecule has 148 valence electrons. The van der Waals surface area contributed by atoms with E-state index in [2.05, 4.69) is 26.8 Å². The second-order valence-corrected chi connectivity index (χ2v) is 8.39. The van der Waals surface area contributed by atoms with Gasteiger partial charge >= 0.3 is 0 Å². The van der Waals surface area contributed by atoms with Gasteiger partial charge in [0.2, 0.25) is 5.91 Å². The molecule has 1 aliphatic carbocycles. The molecule has 2 saturated heterocycles. The number of amides is 1. The normalized spacial score (nSPS) is 26.6. The molecule has 0 spiro atoms. The second kappa shape index (κ2) is 8.51. The Labute approximate surface area is 163 Å². The molecule has 5 heteroatoms. The molecule has 1 aromatic rings. The van der Waals surface area contributed by atoms with Crippen molar-refractivity contribution in [1.82, 2.24) is 9.80 Å². The molecule has 27 heavy (non-hydrogen) atoms. The van der Waals surface area contributed by atoms with E-state index >= 15 is 0 Å². The molecular weight excluding hydrogens is 338 g/mol. The number of fused-ring (bicyclic) bond motifs is 1. The van der Waals surface area contributed by atoms with Crippen molar-refractivity contribution in [2.45, 2.75) is 32.1 Å². The predicted octanol–water partition coefficient (Wildman–Crippen LogP) is 2.86. The monoisotopic (exact) mass is 371 g/mol. The van der Waals surface area contributed by atoms with Crippen LogP contribution in [-0.4, -0.2) is 68.6 Å². The highest BCUT2D eigenvalue weighted by molar-refractivity contribution is 5.78. The van der Waals surface area contributed by atoms with E-state index < -0.39 is 0 Å². The van der Waals surface area contributed by atoms with Crippen molar-refractivity contribution >= 4 is 11.6 Å². The number of benzene rings is 1. The quantitative estimate of drug-likeness (QED) is 0.815. The van der Waals surface area contributed by atoms with Crippen LogP contribution >= 0.6 is 0 Å². The minimum Gasteiger partial charge on any atom is -0.497 e. The van der Waals surface area contributed by atoms with Gasteiger partial charge in [0.25, 0.3) is 0 Å². The van der Waals surface area contributed by atoms with Gasteiger partial charge in [-0.25, -0.2) is 0 Å². The SMILES string of the molecule is COc1ccc(N2CCN(CC(=O)N3CC[C@H]4CCCC[C@@H]4C3)CC2)cc1. The molecular formula is C22H33N3O2. The minimum absolute atomic E-state index is 0.344. The predicted molar refractivity (Wildman–Crippen MR) is 108 cm³/mol. The van der Waals surface area contributed by atoms with Crippen LogP contribution in [0.3, 0.4) is 0 Å². The van der Waals surface area contributed by atoms with Crippen molar-refractivity contribution < 1.29 is 9.53 Å². The van der Waals surface area contributed by atoms with Gasteiger partial charge in [-0.2, -0.15) is 0 Å². The third kappa shape index (κ3) is 4.40. The molecule has 0 bridgehead atoms. The van der Waals surface area contributed by atoms with E-state index in [0.29, 0.717) is 12.5 Å². The van der Waals surface area contributed by atoms with Gasteiger partial charge in [0, 0.05) is 45.0 Å². The molecule has 3 aliphatic rings. The molecule has 1 aromatic carbocycles. The van der Waals surface area contributed by atoms with Crippen molar-refractivity contribution in [3.63, 3.8) is 0 Å². The van der Waals surface area contributed by atoms with E-state index in [4.69, 9.17) is 4.74 Å². The van der Waals surface area contributed by atoms with Crippen LogP contribution in [0.15, 0.2) is 24.3 Å². The Kier molecular flexibility index (Phi) is 5.86. The summed E-state index contributed by atoms with van der Waals surface area (Å²) in [5.41, 5.74) is 1.24. The zero-order valence-electron chi connectivity index (χ0n) is 16.6. The standard InChI is InChI=1S/C22H33N3O2/c1-27-21-8-6-20(7-9-21)24-14-12-23(13-15-24)17-22(26)25-11-10-18-4-2-3-5-19(18)16-25/h6-9,18-19H,2-5,10-17H2,1H3/t18-,19-/m1/s1. The molecule has 0 radical (unpaired) electrons. The number of rotatable bonds is 4. The van der Waals surface area contributed by atoms with Crippen molar-refractivity contribution in [1.29, 1.82) is 0 Å². The maximum Gasteiger partial charge on any atom is 0.236 e. The number of ether oxygens (including phenoxy) is 1. The number of piperazine rings is 1. The number of carbonyl (C=O) groups excluding carboxylic acids is 1. The molecule has 3 fully saturated rings. The van der Waals surface area contributed by atoms with Gasteiger partial charge in [-0.3, -0.25) is 9.69 Å². The zero-order valence-corrected chi connectivity index (χ0v) is 16.6. The van der Waals surface area contributed by atoms with E-state index in [1.807, 2.05) is 12.1 Å².